The number of benzene rings is 3. The Morgan fingerprint density at radius 1 is 1.13 bits per heavy atom. The molecule has 3 N–H and O–H groups in total. The van der Waals surface area contributed by atoms with E-state index in [0.717, 1.165) is 36.1 Å². The van der Waals surface area contributed by atoms with Gasteiger partial charge < -0.3 is 30.2 Å². The molecule has 2 aliphatic carbocycles. The van der Waals surface area contributed by atoms with Gasteiger partial charge in [-0.2, -0.15) is 0 Å². The summed E-state index contributed by atoms with van der Waals surface area (Å²) in [5, 5.41) is 33.6. The molecule has 0 aromatic heterocycles. The van der Waals surface area contributed by atoms with Gasteiger partial charge in [0.1, 0.15) is 18.5 Å². The van der Waals surface area contributed by atoms with Gasteiger partial charge in [0.2, 0.25) is 0 Å². The number of ether oxygens (including phenoxy) is 1. The number of hydrogen-bond donors (Lipinski definition) is 3. The van der Waals surface area contributed by atoms with E-state index in [-0.39, 0.29) is 60.5 Å². The number of rotatable bonds is 10. The molecule has 2 atom stereocenters. The molecule has 1 saturated carbocycles. The van der Waals surface area contributed by atoms with Gasteiger partial charge in [-0.15, -0.1) is 0 Å². The van der Waals surface area contributed by atoms with Crippen molar-refractivity contribution in [2.24, 2.45) is 5.41 Å². The van der Waals surface area contributed by atoms with Crippen LogP contribution in [0.3, 0.4) is 0 Å². The zero-order valence-electron chi connectivity index (χ0n) is 23.3. The number of carboxylic acid groups (broad SMARTS) is 1. The number of aliphatic carboxylic acids is 1. The third kappa shape index (κ3) is 6.21. The molecule has 2 aliphatic rings. The van der Waals surface area contributed by atoms with Crippen molar-refractivity contribution in [3.8, 4) is 16.9 Å². The third-order valence-corrected chi connectivity index (χ3v) is 8.42. The first-order valence-corrected chi connectivity index (χ1v) is 13.4. The quantitative estimate of drug-likeness (QED) is 0.336. The molecule has 0 saturated heterocycles. The zero-order chi connectivity index (χ0) is 27.0. The number of aryl methyl sites for hydroxylation is 2. The maximum Gasteiger partial charge on any atom is 1.00 e. The second-order valence-electron chi connectivity index (χ2n) is 11.1. The Bertz CT molecular complexity index is 1340. The predicted molar refractivity (Wildman–Crippen MR) is 146 cm³/mol. The van der Waals surface area contributed by atoms with Gasteiger partial charge in [0.15, 0.2) is 0 Å². The topological polar surface area (TPSA) is 102 Å². The van der Waals surface area contributed by atoms with Crippen LogP contribution in [0.5, 0.6) is 5.75 Å². The maximum atomic E-state index is 11.3. The van der Waals surface area contributed by atoms with E-state index in [1.165, 1.54) is 33.4 Å². The number of carbonyl (C=O) groups excluding carboxylic acids is 1. The molecule has 0 amide bonds. The van der Waals surface area contributed by atoms with Crippen molar-refractivity contribution >= 4 is 11.7 Å². The molecule has 1 unspecified atom stereocenters. The van der Waals surface area contributed by atoms with E-state index in [1.807, 2.05) is 12.1 Å². The summed E-state index contributed by atoms with van der Waals surface area (Å²) < 4.78 is 5.67. The molecule has 7 heteroatoms. The summed E-state index contributed by atoms with van der Waals surface area (Å²) in [6.45, 7) is 6.68. The Labute approximate surface area is 252 Å². The molecule has 0 aliphatic heterocycles. The molecular formula is C32H36NNaO5. The van der Waals surface area contributed by atoms with Crippen molar-refractivity contribution in [3.63, 3.8) is 0 Å². The second-order valence-corrected chi connectivity index (χ2v) is 11.1. The van der Waals surface area contributed by atoms with Crippen LogP contribution >= 0.6 is 0 Å². The Balaban J connectivity index is 0.00000353. The Morgan fingerprint density at radius 2 is 1.85 bits per heavy atom. The van der Waals surface area contributed by atoms with Crippen molar-refractivity contribution in [3.05, 3.63) is 81.9 Å². The molecular weight excluding hydrogens is 501 g/mol. The van der Waals surface area contributed by atoms with Crippen LogP contribution in [0.15, 0.2) is 48.5 Å². The van der Waals surface area contributed by atoms with E-state index in [4.69, 9.17) is 9.84 Å². The molecule has 0 heterocycles. The molecule has 5 rings (SSSR count). The van der Waals surface area contributed by atoms with Crippen molar-refractivity contribution in [2.45, 2.75) is 65.0 Å². The fourth-order valence-corrected chi connectivity index (χ4v) is 6.24. The van der Waals surface area contributed by atoms with E-state index in [9.17, 15) is 15.0 Å². The molecule has 1 fully saturated rings. The van der Waals surface area contributed by atoms with Gasteiger partial charge in [-0.05, 0) is 127 Å². The van der Waals surface area contributed by atoms with Crippen molar-refractivity contribution < 1.29 is 54.4 Å². The van der Waals surface area contributed by atoms with Crippen molar-refractivity contribution in [1.82, 2.24) is 0 Å². The first kappa shape index (κ1) is 29.6. The zero-order valence-corrected chi connectivity index (χ0v) is 25.3. The molecule has 0 radical (unpaired) electrons. The normalized spacial score (nSPS) is 17.3. The smallest absolute Gasteiger partial charge is 0.550 e. The number of hydrogen-bond acceptors (Lipinski definition) is 6. The van der Waals surface area contributed by atoms with Crippen LogP contribution in [-0.4, -0.2) is 35.5 Å². The van der Waals surface area contributed by atoms with Gasteiger partial charge in [0, 0.05) is 18.2 Å². The monoisotopic (exact) mass is 537 g/mol. The number of carboxylic acids is 1. The molecule has 0 bridgehead atoms. The summed E-state index contributed by atoms with van der Waals surface area (Å²) in [5.74, 6) is -0.198. The Hall–Kier alpha value is -2.35. The predicted octanol–water partition coefficient (Wildman–Crippen LogP) is 1.19. The fourth-order valence-electron chi connectivity index (χ4n) is 6.24. The van der Waals surface area contributed by atoms with Crippen LogP contribution in [0.2, 0.25) is 0 Å². The van der Waals surface area contributed by atoms with Crippen LogP contribution in [0, 0.1) is 26.2 Å². The minimum atomic E-state index is -0.959. The SMILES string of the molecule is Cc1cc(OC[C@@H](O)CO)cc(C)c1-c1cccc(CNc2ccc3c(c2)CC2(CC2)C3CC(=O)[O-])c1C.[Na+]. The average molecular weight is 538 g/mol. The molecule has 1 spiro atoms. The van der Waals surface area contributed by atoms with Gasteiger partial charge in [0.05, 0.1) is 6.61 Å². The Morgan fingerprint density at radius 3 is 2.49 bits per heavy atom. The number of fused-ring (bicyclic) bond motifs is 1. The summed E-state index contributed by atoms with van der Waals surface area (Å²) in [4.78, 5) is 11.3. The Kier molecular flexibility index (Phi) is 9.14. The average Bonchev–Trinajstić information content (AvgIpc) is 3.59. The summed E-state index contributed by atoms with van der Waals surface area (Å²) in [5.41, 5.74) is 10.6. The van der Waals surface area contributed by atoms with E-state index < -0.39 is 12.1 Å². The summed E-state index contributed by atoms with van der Waals surface area (Å²) in [6.07, 6.45) is 2.38. The minimum absolute atomic E-state index is 0. The van der Waals surface area contributed by atoms with Crippen LogP contribution in [0.25, 0.3) is 11.1 Å². The van der Waals surface area contributed by atoms with Gasteiger partial charge in [-0.25, -0.2) is 0 Å². The van der Waals surface area contributed by atoms with Crippen LogP contribution in [0.4, 0.5) is 5.69 Å². The summed E-state index contributed by atoms with van der Waals surface area (Å²) in [6, 6.07) is 16.7. The molecule has 6 nitrogen and oxygen atoms in total. The molecule has 200 valence electrons. The van der Waals surface area contributed by atoms with E-state index in [0.29, 0.717) is 12.3 Å². The second kappa shape index (κ2) is 12.0. The van der Waals surface area contributed by atoms with E-state index in [1.54, 1.807) is 0 Å². The molecule has 39 heavy (non-hydrogen) atoms. The van der Waals surface area contributed by atoms with Crippen LogP contribution in [0.1, 0.15) is 58.6 Å². The van der Waals surface area contributed by atoms with E-state index in [2.05, 4.69) is 62.5 Å². The number of aliphatic hydroxyl groups excluding tert-OH is 2. The van der Waals surface area contributed by atoms with Gasteiger partial charge in [0.25, 0.3) is 0 Å². The number of anilines is 1. The largest absolute Gasteiger partial charge is 1.00 e. The standard InChI is InChI=1S/C32H37NO5.Na/c1-19-11-26(38-18-25(35)17-34)12-20(2)31(19)27-6-4-5-22(21(27)3)16-33-24-7-8-28-23(13-24)15-32(9-10-32)29(28)14-30(36)37;/h4-8,11-13,25,29,33-35H,9-10,14-18H2,1-3H3,(H,36,37);/q;+1/p-1/t25-,29?;/m0./s1. The summed E-state index contributed by atoms with van der Waals surface area (Å²) in [7, 11) is 0. The summed E-state index contributed by atoms with van der Waals surface area (Å²) >= 11 is 0. The van der Waals surface area contributed by atoms with Gasteiger partial charge >= 0.3 is 29.6 Å². The number of aliphatic hydroxyl groups is 2. The number of carbonyl (C=O) groups is 1. The van der Waals surface area contributed by atoms with Crippen LogP contribution in [-0.2, 0) is 17.8 Å². The van der Waals surface area contributed by atoms with Crippen molar-refractivity contribution in [1.29, 1.82) is 0 Å². The van der Waals surface area contributed by atoms with Gasteiger partial charge in [-0.1, -0.05) is 24.3 Å². The number of nitrogens with one attached hydrogen (secondary N) is 1. The van der Waals surface area contributed by atoms with E-state index >= 15 is 0 Å². The van der Waals surface area contributed by atoms with Crippen molar-refractivity contribution in [2.75, 3.05) is 18.5 Å². The maximum absolute atomic E-state index is 11.3. The molecule has 3 aromatic rings. The van der Waals surface area contributed by atoms with Crippen LogP contribution < -0.4 is 44.7 Å². The molecule has 3 aromatic carbocycles. The first-order valence-electron chi connectivity index (χ1n) is 13.4. The van der Waals surface area contributed by atoms with Gasteiger partial charge in [-0.3, -0.25) is 0 Å². The first-order chi connectivity index (χ1) is 18.2. The minimum Gasteiger partial charge on any atom is -0.550 e. The fraction of sp³-hybridized carbons (Fsp3) is 0.406. The third-order valence-electron chi connectivity index (χ3n) is 8.42.